The monoisotopic (exact) mass is 666 g/mol. The number of fused-ring (bicyclic) bond motifs is 1. The van der Waals surface area contributed by atoms with Crippen molar-refractivity contribution in [1.29, 1.82) is 0 Å². The second kappa shape index (κ2) is 13.8. The number of nitrogens with one attached hydrogen (secondary N) is 1. The third kappa shape index (κ3) is 7.73. The van der Waals surface area contributed by atoms with Crippen molar-refractivity contribution in [2.45, 2.75) is 69.8 Å². The highest BCUT2D eigenvalue weighted by Gasteiger charge is 2.36. The molecule has 0 spiro atoms. The number of amides is 2. The van der Waals surface area contributed by atoms with Gasteiger partial charge in [0.2, 0.25) is 10.0 Å². The summed E-state index contributed by atoms with van der Waals surface area (Å²) in [5.74, 6) is 0.666. The summed E-state index contributed by atoms with van der Waals surface area (Å²) in [7, 11) is -3.96. The van der Waals surface area contributed by atoms with E-state index >= 15 is 0 Å². The fourth-order valence-electron chi connectivity index (χ4n) is 6.52. The second-order valence-corrected chi connectivity index (χ2v) is 15.4. The molecule has 0 saturated carbocycles. The predicted octanol–water partition coefficient (Wildman–Crippen LogP) is 7.27. The van der Waals surface area contributed by atoms with Gasteiger partial charge in [-0.25, -0.2) is 17.9 Å². The van der Waals surface area contributed by atoms with Gasteiger partial charge in [0.05, 0.1) is 5.25 Å². The fourth-order valence-corrected chi connectivity index (χ4v) is 7.90. The van der Waals surface area contributed by atoms with Gasteiger partial charge in [0, 0.05) is 31.5 Å². The molecule has 4 aromatic rings. The number of sulfonamides is 1. The lowest BCUT2D eigenvalue weighted by molar-refractivity contribution is 0.0892. The summed E-state index contributed by atoms with van der Waals surface area (Å²) in [4.78, 5) is 27.2. The van der Waals surface area contributed by atoms with E-state index in [1.165, 1.54) is 16.0 Å². The predicted molar refractivity (Wildman–Crippen MR) is 186 cm³/mol. The van der Waals surface area contributed by atoms with Crippen molar-refractivity contribution in [3.05, 3.63) is 125 Å². The van der Waals surface area contributed by atoms with Gasteiger partial charge in [-0.1, -0.05) is 86.6 Å². The zero-order valence-corrected chi connectivity index (χ0v) is 28.5. The summed E-state index contributed by atoms with van der Waals surface area (Å²) < 4.78 is 40.5. The normalized spacial score (nSPS) is 17.9. The maximum atomic E-state index is 13.2. The third-order valence-corrected chi connectivity index (χ3v) is 11.1. The largest absolute Gasteiger partial charge is 0.487 e. The summed E-state index contributed by atoms with van der Waals surface area (Å²) >= 11 is 0. The Balaban J connectivity index is 1.05. The summed E-state index contributed by atoms with van der Waals surface area (Å²) in [6.07, 6.45) is 1.49. The maximum absolute atomic E-state index is 13.2. The van der Waals surface area contributed by atoms with Crippen LogP contribution in [0, 0.1) is 0 Å². The van der Waals surface area contributed by atoms with E-state index in [9.17, 15) is 18.0 Å². The number of nitrogens with zero attached hydrogens (tertiary/aromatic N) is 1. The second-order valence-electron chi connectivity index (χ2n) is 13.4. The van der Waals surface area contributed by atoms with Gasteiger partial charge in [-0.15, -0.1) is 0 Å². The van der Waals surface area contributed by atoms with Crippen molar-refractivity contribution in [3.63, 3.8) is 0 Å². The van der Waals surface area contributed by atoms with Crippen molar-refractivity contribution < 1.29 is 27.5 Å². The minimum atomic E-state index is -3.96. The van der Waals surface area contributed by atoms with Crippen molar-refractivity contribution in [2.75, 3.05) is 13.1 Å². The zero-order chi connectivity index (χ0) is 33.9. The minimum absolute atomic E-state index is 0.152. The first-order valence-electron chi connectivity index (χ1n) is 16.5. The van der Waals surface area contributed by atoms with E-state index in [4.69, 9.17) is 9.47 Å². The number of likely N-dealkylation sites (tertiary alicyclic amines) is 1. The molecule has 6 rings (SSSR count). The highest BCUT2D eigenvalue weighted by molar-refractivity contribution is 7.90. The standard InChI is InChI=1S/C39H42N2O6S/c1-27(2)30-14-12-28(13-15-30)24-39(3)25-34-23-32(16-17-36(34)47-39)31-10-7-11-33(22-31)37(42)40-48(44,45)35-18-20-41(21-19-35)38(43)46-26-29-8-5-4-6-9-29/h4-17,22-23,27,35H,18-21,24-26H2,1-3H3,(H,40,42)/t39-/m1/s1. The van der Waals surface area contributed by atoms with Gasteiger partial charge in [-0.2, -0.15) is 0 Å². The molecule has 250 valence electrons. The molecule has 1 atom stereocenters. The van der Waals surface area contributed by atoms with Crippen LogP contribution < -0.4 is 9.46 Å². The molecule has 2 heterocycles. The Morgan fingerprint density at radius 1 is 0.896 bits per heavy atom. The van der Waals surface area contributed by atoms with Gasteiger partial charge in [0.15, 0.2) is 0 Å². The number of carbonyl (C=O) groups is 2. The molecule has 2 amide bonds. The van der Waals surface area contributed by atoms with E-state index in [0.717, 1.165) is 40.8 Å². The Hall–Kier alpha value is -4.63. The van der Waals surface area contributed by atoms with E-state index < -0.39 is 27.3 Å². The molecule has 1 saturated heterocycles. The van der Waals surface area contributed by atoms with Crippen molar-refractivity contribution in [3.8, 4) is 16.9 Å². The zero-order valence-electron chi connectivity index (χ0n) is 27.6. The number of ether oxygens (including phenoxy) is 2. The van der Waals surface area contributed by atoms with Gasteiger partial charge in [-0.05, 0) is 83.3 Å². The molecule has 8 nitrogen and oxygen atoms in total. The molecule has 1 fully saturated rings. The van der Waals surface area contributed by atoms with E-state index in [-0.39, 0.29) is 43.7 Å². The summed E-state index contributed by atoms with van der Waals surface area (Å²) in [6, 6.07) is 31.1. The molecule has 4 aromatic carbocycles. The van der Waals surface area contributed by atoms with Gasteiger partial charge in [-0.3, -0.25) is 4.79 Å². The molecule has 2 aliphatic heterocycles. The average molecular weight is 667 g/mol. The highest BCUT2D eigenvalue weighted by Crippen LogP contribution is 2.39. The molecule has 0 unspecified atom stereocenters. The molecular weight excluding hydrogens is 625 g/mol. The van der Waals surface area contributed by atoms with Crippen molar-refractivity contribution in [1.82, 2.24) is 9.62 Å². The molecule has 1 N–H and O–H groups in total. The van der Waals surface area contributed by atoms with Gasteiger partial charge in [0.1, 0.15) is 18.0 Å². The first-order chi connectivity index (χ1) is 23.0. The van der Waals surface area contributed by atoms with Crippen LogP contribution in [0.3, 0.4) is 0 Å². The van der Waals surface area contributed by atoms with Gasteiger partial charge in [0.25, 0.3) is 5.91 Å². The Morgan fingerprint density at radius 2 is 1.60 bits per heavy atom. The summed E-state index contributed by atoms with van der Waals surface area (Å²) in [5.41, 5.74) is 6.14. The lowest BCUT2D eigenvalue weighted by atomic mass is 9.90. The van der Waals surface area contributed by atoms with Crippen LogP contribution in [0.25, 0.3) is 11.1 Å². The Bertz CT molecular complexity index is 1880. The smallest absolute Gasteiger partial charge is 0.410 e. The number of hydrogen-bond acceptors (Lipinski definition) is 6. The lowest BCUT2D eigenvalue weighted by Crippen LogP contribution is -2.46. The summed E-state index contributed by atoms with van der Waals surface area (Å²) in [5, 5.41) is -0.790. The molecule has 0 aromatic heterocycles. The van der Waals surface area contributed by atoms with Crippen LogP contribution in [0.2, 0.25) is 0 Å². The van der Waals surface area contributed by atoms with Crippen LogP contribution in [0.5, 0.6) is 5.75 Å². The number of carbonyl (C=O) groups excluding carboxylic acids is 2. The van der Waals surface area contributed by atoms with E-state index in [1.807, 2.05) is 48.5 Å². The quantitative estimate of drug-likeness (QED) is 0.202. The Kier molecular flexibility index (Phi) is 9.60. The van der Waals surface area contributed by atoms with Crippen LogP contribution in [-0.4, -0.2) is 49.3 Å². The van der Waals surface area contributed by atoms with Crippen LogP contribution in [0.1, 0.15) is 72.1 Å². The maximum Gasteiger partial charge on any atom is 0.410 e. The number of rotatable bonds is 9. The van der Waals surface area contributed by atoms with Crippen LogP contribution in [-0.2, 0) is 34.2 Å². The van der Waals surface area contributed by atoms with Crippen LogP contribution in [0.15, 0.2) is 97.1 Å². The van der Waals surface area contributed by atoms with E-state index in [0.29, 0.717) is 5.92 Å². The fraction of sp³-hybridized carbons (Fsp3) is 0.333. The number of piperidine rings is 1. The molecule has 48 heavy (non-hydrogen) atoms. The molecular formula is C39H42N2O6S. The van der Waals surface area contributed by atoms with Gasteiger partial charge < -0.3 is 14.4 Å². The Morgan fingerprint density at radius 3 is 2.31 bits per heavy atom. The van der Waals surface area contributed by atoms with E-state index in [2.05, 4.69) is 55.8 Å². The average Bonchev–Trinajstić information content (AvgIpc) is 3.42. The summed E-state index contributed by atoms with van der Waals surface area (Å²) in [6.45, 7) is 7.13. The number of benzene rings is 4. The Labute approximate surface area is 283 Å². The molecule has 0 radical (unpaired) electrons. The lowest BCUT2D eigenvalue weighted by Gasteiger charge is -2.31. The first kappa shape index (κ1) is 33.3. The molecule has 2 aliphatic rings. The molecule has 9 heteroatoms. The van der Waals surface area contributed by atoms with Crippen LogP contribution in [0.4, 0.5) is 4.79 Å². The van der Waals surface area contributed by atoms with Crippen LogP contribution >= 0.6 is 0 Å². The first-order valence-corrected chi connectivity index (χ1v) is 18.1. The minimum Gasteiger partial charge on any atom is -0.487 e. The highest BCUT2D eigenvalue weighted by atomic mass is 32.2. The SMILES string of the molecule is CC(C)c1ccc(C[C@]2(C)Cc3cc(-c4cccc(C(=O)NS(=O)(=O)C5CCN(C(=O)OCc6ccccc6)CC5)c4)ccc3O2)cc1. The topological polar surface area (TPSA) is 102 Å². The molecule has 0 bridgehead atoms. The van der Waals surface area contributed by atoms with E-state index in [1.54, 1.807) is 18.2 Å². The molecule has 0 aliphatic carbocycles. The number of hydrogen-bond donors (Lipinski definition) is 1. The van der Waals surface area contributed by atoms with Crippen molar-refractivity contribution >= 4 is 22.0 Å². The van der Waals surface area contributed by atoms with Crippen molar-refractivity contribution in [2.24, 2.45) is 0 Å². The van der Waals surface area contributed by atoms with Gasteiger partial charge >= 0.3 is 6.09 Å². The third-order valence-electron chi connectivity index (χ3n) is 9.24.